The molecular formula is C20H24N2. The van der Waals surface area contributed by atoms with Crippen LogP contribution in [0, 0.1) is 13.8 Å². The molecule has 0 N–H and O–H groups in total. The van der Waals surface area contributed by atoms with E-state index in [1.54, 1.807) is 0 Å². The summed E-state index contributed by atoms with van der Waals surface area (Å²) in [6.07, 6.45) is 5.95. The summed E-state index contributed by atoms with van der Waals surface area (Å²) in [6, 6.07) is 15.1. The van der Waals surface area contributed by atoms with E-state index >= 15 is 0 Å². The Bertz CT molecular complexity index is 650. The third kappa shape index (κ3) is 3.56. The van der Waals surface area contributed by atoms with Crippen LogP contribution in [0.2, 0.25) is 0 Å². The summed E-state index contributed by atoms with van der Waals surface area (Å²) in [6.45, 7) is 6.63. The quantitative estimate of drug-likeness (QED) is 0.723. The van der Waals surface area contributed by atoms with E-state index < -0.39 is 0 Å². The van der Waals surface area contributed by atoms with Gasteiger partial charge >= 0.3 is 0 Å². The van der Waals surface area contributed by atoms with Gasteiger partial charge in [-0.3, -0.25) is 4.99 Å². The number of rotatable bonds is 3. The van der Waals surface area contributed by atoms with Crippen LogP contribution in [0.15, 0.2) is 47.5 Å². The Morgan fingerprint density at radius 2 is 1.59 bits per heavy atom. The van der Waals surface area contributed by atoms with Gasteiger partial charge < -0.3 is 4.90 Å². The monoisotopic (exact) mass is 292 g/mol. The third-order valence-electron chi connectivity index (χ3n) is 4.47. The number of benzene rings is 2. The van der Waals surface area contributed by atoms with Gasteiger partial charge in [-0.15, -0.1) is 0 Å². The van der Waals surface area contributed by atoms with Crippen molar-refractivity contribution in [3.63, 3.8) is 0 Å². The molecule has 1 aliphatic heterocycles. The molecule has 3 rings (SSSR count). The molecule has 0 aromatic heterocycles. The highest BCUT2D eigenvalue weighted by Crippen LogP contribution is 2.20. The van der Waals surface area contributed by atoms with Crippen LogP contribution in [-0.4, -0.2) is 19.3 Å². The summed E-state index contributed by atoms with van der Waals surface area (Å²) in [4.78, 5) is 7.06. The van der Waals surface area contributed by atoms with Crippen molar-refractivity contribution < 1.29 is 0 Å². The molecule has 0 spiro atoms. The van der Waals surface area contributed by atoms with Gasteiger partial charge in [-0.25, -0.2) is 0 Å². The predicted molar refractivity (Wildman–Crippen MR) is 95.7 cm³/mol. The molecule has 1 saturated heterocycles. The molecule has 0 bridgehead atoms. The molecule has 0 amide bonds. The highest BCUT2D eigenvalue weighted by molar-refractivity contribution is 5.82. The normalized spacial score (nSPS) is 15.5. The van der Waals surface area contributed by atoms with E-state index in [1.165, 1.54) is 49.2 Å². The highest BCUT2D eigenvalue weighted by Gasteiger charge is 2.10. The zero-order chi connectivity index (χ0) is 15.4. The third-order valence-corrected chi connectivity index (χ3v) is 4.47. The first kappa shape index (κ1) is 14.8. The smallest absolute Gasteiger partial charge is 0.0632 e. The van der Waals surface area contributed by atoms with Crippen molar-refractivity contribution in [2.75, 3.05) is 18.0 Å². The molecule has 0 unspecified atom stereocenters. The molecule has 1 aliphatic rings. The zero-order valence-electron chi connectivity index (χ0n) is 13.5. The molecule has 1 fully saturated rings. The molecule has 0 saturated carbocycles. The molecule has 0 atom stereocenters. The Labute approximate surface area is 133 Å². The van der Waals surface area contributed by atoms with Crippen LogP contribution in [0.3, 0.4) is 0 Å². The second-order valence-corrected chi connectivity index (χ2v) is 6.17. The molecule has 2 aromatic carbocycles. The average molecular weight is 292 g/mol. The average Bonchev–Trinajstić information content (AvgIpc) is 2.57. The fourth-order valence-corrected chi connectivity index (χ4v) is 2.88. The minimum atomic E-state index is 1.02. The number of hydrogen-bond acceptors (Lipinski definition) is 2. The van der Waals surface area contributed by atoms with E-state index in [4.69, 9.17) is 0 Å². The lowest BCUT2D eigenvalue weighted by Gasteiger charge is -2.28. The van der Waals surface area contributed by atoms with Crippen molar-refractivity contribution in [3.05, 3.63) is 59.2 Å². The minimum absolute atomic E-state index is 1.02. The standard InChI is InChI=1S/C20H24N2/c1-16-6-9-19(14-17(16)2)21-15-18-7-10-20(11-8-18)22-12-4-3-5-13-22/h6-11,14-15H,3-5,12-13H2,1-2H3. The van der Waals surface area contributed by atoms with Crippen molar-refractivity contribution in [2.24, 2.45) is 4.99 Å². The number of nitrogens with zero attached hydrogens (tertiary/aromatic N) is 2. The van der Waals surface area contributed by atoms with E-state index in [1.807, 2.05) is 6.21 Å². The Balaban J connectivity index is 1.69. The van der Waals surface area contributed by atoms with Crippen LogP contribution in [0.4, 0.5) is 11.4 Å². The molecular weight excluding hydrogens is 268 g/mol. The lowest BCUT2D eigenvalue weighted by atomic mass is 10.1. The maximum absolute atomic E-state index is 4.58. The number of piperidine rings is 1. The van der Waals surface area contributed by atoms with E-state index in [-0.39, 0.29) is 0 Å². The zero-order valence-corrected chi connectivity index (χ0v) is 13.5. The van der Waals surface area contributed by atoms with Crippen LogP contribution in [-0.2, 0) is 0 Å². The largest absolute Gasteiger partial charge is 0.372 e. The molecule has 0 aliphatic carbocycles. The first-order valence-electron chi connectivity index (χ1n) is 8.19. The molecule has 22 heavy (non-hydrogen) atoms. The number of aliphatic imine (C=N–C) groups is 1. The fourth-order valence-electron chi connectivity index (χ4n) is 2.88. The number of anilines is 1. The van der Waals surface area contributed by atoms with E-state index in [0.29, 0.717) is 0 Å². The summed E-state index contributed by atoms with van der Waals surface area (Å²) >= 11 is 0. The van der Waals surface area contributed by atoms with Crippen molar-refractivity contribution in [1.29, 1.82) is 0 Å². The molecule has 0 radical (unpaired) electrons. The first-order valence-corrected chi connectivity index (χ1v) is 8.19. The summed E-state index contributed by atoms with van der Waals surface area (Å²) in [5, 5.41) is 0. The highest BCUT2D eigenvalue weighted by atomic mass is 15.1. The lowest BCUT2D eigenvalue weighted by molar-refractivity contribution is 0.578. The van der Waals surface area contributed by atoms with Gasteiger partial charge in [-0.1, -0.05) is 18.2 Å². The van der Waals surface area contributed by atoms with Gasteiger partial charge in [0.2, 0.25) is 0 Å². The summed E-state index contributed by atoms with van der Waals surface area (Å²) in [7, 11) is 0. The minimum Gasteiger partial charge on any atom is -0.372 e. The van der Waals surface area contributed by atoms with E-state index in [0.717, 1.165) is 11.3 Å². The maximum Gasteiger partial charge on any atom is 0.0632 e. The van der Waals surface area contributed by atoms with Crippen molar-refractivity contribution in [3.8, 4) is 0 Å². The van der Waals surface area contributed by atoms with Crippen molar-refractivity contribution >= 4 is 17.6 Å². The van der Waals surface area contributed by atoms with Gasteiger partial charge in [0.25, 0.3) is 0 Å². The van der Waals surface area contributed by atoms with Gasteiger partial charge in [-0.2, -0.15) is 0 Å². The van der Waals surface area contributed by atoms with Gasteiger partial charge in [0.15, 0.2) is 0 Å². The fraction of sp³-hybridized carbons (Fsp3) is 0.350. The maximum atomic E-state index is 4.58. The number of hydrogen-bond donors (Lipinski definition) is 0. The lowest BCUT2D eigenvalue weighted by Crippen LogP contribution is -2.29. The molecule has 2 heteroatoms. The number of aryl methyl sites for hydroxylation is 2. The van der Waals surface area contributed by atoms with Crippen molar-refractivity contribution in [2.45, 2.75) is 33.1 Å². The second kappa shape index (κ2) is 6.78. The van der Waals surface area contributed by atoms with Crippen molar-refractivity contribution in [1.82, 2.24) is 0 Å². The SMILES string of the molecule is Cc1ccc(N=Cc2ccc(N3CCCCC3)cc2)cc1C. The van der Waals surface area contributed by atoms with Gasteiger partial charge in [0.1, 0.15) is 0 Å². The van der Waals surface area contributed by atoms with Crippen LogP contribution < -0.4 is 4.90 Å². The molecule has 114 valence electrons. The molecule has 2 aromatic rings. The molecule has 1 heterocycles. The Kier molecular flexibility index (Phi) is 4.57. The van der Waals surface area contributed by atoms with E-state index in [2.05, 4.69) is 66.2 Å². The van der Waals surface area contributed by atoms with Gasteiger partial charge in [0, 0.05) is 25.0 Å². The van der Waals surface area contributed by atoms with Crippen LogP contribution >= 0.6 is 0 Å². The summed E-state index contributed by atoms with van der Waals surface area (Å²) in [5.74, 6) is 0. The Hall–Kier alpha value is -2.09. The topological polar surface area (TPSA) is 15.6 Å². The molecule has 2 nitrogen and oxygen atoms in total. The first-order chi connectivity index (χ1) is 10.7. The van der Waals surface area contributed by atoms with E-state index in [9.17, 15) is 0 Å². The van der Waals surface area contributed by atoms with Gasteiger partial charge in [-0.05, 0) is 74.1 Å². The predicted octanol–water partition coefficient (Wildman–Crippen LogP) is 5.04. The van der Waals surface area contributed by atoms with Gasteiger partial charge in [0.05, 0.1) is 5.69 Å². The summed E-state index contributed by atoms with van der Waals surface area (Å²) < 4.78 is 0. The summed E-state index contributed by atoms with van der Waals surface area (Å²) in [5.41, 5.74) is 6.10. The van der Waals surface area contributed by atoms with Crippen LogP contribution in [0.25, 0.3) is 0 Å². The Morgan fingerprint density at radius 1 is 0.864 bits per heavy atom. The van der Waals surface area contributed by atoms with Crippen LogP contribution in [0.1, 0.15) is 36.0 Å². The second-order valence-electron chi connectivity index (χ2n) is 6.17. The van der Waals surface area contributed by atoms with Crippen LogP contribution in [0.5, 0.6) is 0 Å². The Morgan fingerprint density at radius 3 is 2.27 bits per heavy atom.